The van der Waals surface area contributed by atoms with Crippen LogP contribution in [0.5, 0.6) is 0 Å². The van der Waals surface area contributed by atoms with Crippen molar-refractivity contribution in [3.05, 3.63) is 23.5 Å². The third kappa shape index (κ3) is 2.85. The lowest BCUT2D eigenvalue weighted by Gasteiger charge is -2.34. The molecule has 2 aliphatic rings. The maximum absolute atomic E-state index is 12.7. The quantitative estimate of drug-likeness (QED) is 0.841. The minimum Gasteiger partial charge on any atom is -0.498 e. The van der Waals surface area contributed by atoms with Gasteiger partial charge in [-0.25, -0.2) is 0 Å². The van der Waals surface area contributed by atoms with Crippen LogP contribution in [0, 0.1) is 0 Å². The minimum absolute atomic E-state index is 0.0630. The van der Waals surface area contributed by atoms with Crippen molar-refractivity contribution in [2.24, 2.45) is 0 Å². The monoisotopic (exact) mass is 306 g/mol. The summed E-state index contributed by atoms with van der Waals surface area (Å²) < 4.78 is 13.3. The van der Waals surface area contributed by atoms with Gasteiger partial charge in [-0.05, 0) is 26.7 Å². The number of aromatic nitrogens is 3. The van der Waals surface area contributed by atoms with Gasteiger partial charge in [0.05, 0.1) is 25.3 Å². The van der Waals surface area contributed by atoms with Gasteiger partial charge in [0.25, 0.3) is 5.91 Å². The molecule has 0 bridgehead atoms. The summed E-state index contributed by atoms with van der Waals surface area (Å²) in [5, 5.41) is 8.09. The van der Waals surface area contributed by atoms with E-state index in [0.29, 0.717) is 26.3 Å². The Balaban J connectivity index is 1.74. The molecule has 0 radical (unpaired) electrons. The van der Waals surface area contributed by atoms with Crippen molar-refractivity contribution in [2.45, 2.75) is 39.3 Å². The summed E-state index contributed by atoms with van der Waals surface area (Å²) >= 11 is 0. The van der Waals surface area contributed by atoms with Gasteiger partial charge in [0.1, 0.15) is 18.2 Å². The first-order valence-electron chi connectivity index (χ1n) is 7.81. The topological polar surface area (TPSA) is 69.5 Å². The van der Waals surface area contributed by atoms with E-state index in [9.17, 15) is 4.79 Å². The van der Waals surface area contributed by atoms with Crippen LogP contribution in [0.25, 0.3) is 0 Å². The second-order valence-corrected chi connectivity index (χ2v) is 5.57. The number of rotatable bonds is 3. The van der Waals surface area contributed by atoms with E-state index >= 15 is 0 Å². The number of morpholine rings is 1. The third-order valence-corrected chi connectivity index (χ3v) is 4.20. The molecule has 0 spiro atoms. The third-order valence-electron chi connectivity index (χ3n) is 4.20. The van der Waals surface area contributed by atoms with Crippen molar-refractivity contribution in [1.82, 2.24) is 19.7 Å². The van der Waals surface area contributed by atoms with Crippen LogP contribution in [0.15, 0.2) is 17.7 Å². The smallest absolute Gasteiger partial charge is 0.253 e. The molecule has 0 N–H and O–H groups in total. The minimum atomic E-state index is -0.217. The first-order valence-corrected chi connectivity index (χ1v) is 7.81. The van der Waals surface area contributed by atoms with E-state index in [1.54, 1.807) is 6.33 Å². The molecule has 2 aliphatic heterocycles. The molecule has 120 valence electrons. The van der Waals surface area contributed by atoms with Gasteiger partial charge in [0.15, 0.2) is 5.82 Å². The van der Waals surface area contributed by atoms with Gasteiger partial charge >= 0.3 is 0 Å². The molecule has 0 saturated carbocycles. The molecule has 0 aromatic carbocycles. The summed E-state index contributed by atoms with van der Waals surface area (Å²) in [4.78, 5) is 14.6. The molecule has 0 aliphatic carbocycles. The van der Waals surface area contributed by atoms with E-state index < -0.39 is 0 Å². The molecule has 3 rings (SSSR count). The Morgan fingerprint density at radius 3 is 3.09 bits per heavy atom. The summed E-state index contributed by atoms with van der Waals surface area (Å²) in [6.45, 7) is 7.02. The fraction of sp³-hybridized carbons (Fsp3) is 0.667. The Labute approximate surface area is 129 Å². The fourth-order valence-electron chi connectivity index (χ4n) is 2.93. The Kier molecular flexibility index (Phi) is 4.42. The van der Waals surface area contributed by atoms with Gasteiger partial charge in [-0.15, -0.1) is 10.2 Å². The van der Waals surface area contributed by atoms with Crippen LogP contribution in [-0.4, -0.2) is 51.9 Å². The second-order valence-electron chi connectivity index (χ2n) is 5.57. The highest BCUT2D eigenvalue weighted by Crippen LogP contribution is 2.25. The van der Waals surface area contributed by atoms with E-state index in [1.807, 2.05) is 23.3 Å². The van der Waals surface area contributed by atoms with Crippen molar-refractivity contribution >= 4 is 5.91 Å². The SMILES string of the molecule is CCn1cnnc1C1CN(C(=O)C2=C(C)OCCC2)CCO1. The van der Waals surface area contributed by atoms with Crippen molar-refractivity contribution in [2.75, 3.05) is 26.3 Å². The lowest BCUT2D eigenvalue weighted by Crippen LogP contribution is -2.44. The fourth-order valence-corrected chi connectivity index (χ4v) is 2.93. The summed E-state index contributed by atoms with van der Waals surface area (Å²) in [6.07, 6.45) is 3.17. The van der Waals surface area contributed by atoms with E-state index in [1.165, 1.54) is 0 Å². The number of allylic oxidation sites excluding steroid dienone is 1. The summed E-state index contributed by atoms with van der Waals surface area (Å²) in [5.74, 6) is 1.61. The van der Waals surface area contributed by atoms with Crippen LogP contribution in [0.3, 0.4) is 0 Å². The molecule has 22 heavy (non-hydrogen) atoms. The number of hydrogen-bond acceptors (Lipinski definition) is 5. The zero-order chi connectivity index (χ0) is 15.5. The number of amides is 1. The standard InChI is InChI=1S/C15H22N4O3/c1-3-18-10-16-17-14(18)13-9-19(6-8-22-13)15(20)12-5-4-7-21-11(12)2/h10,13H,3-9H2,1-2H3. The van der Waals surface area contributed by atoms with Crippen molar-refractivity contribution < 1.29 is 14.3 Å². The van der Waals surface area contributed by atoms with Crippen LogP contribution in [0.1, 0.15) is 38.6 Å². The second kappa shape index (κ2) is 6.48. The number of hydrogen-bond donors (Lipinski definition) is 0. The van der Waals surface area contributed by atoms with E-state index in [2.05, 4.69) is 10.2 Å². The highest BCUT2D eigenvalue weighted by atomic mass is 16.5. The van der Waals surface area contributed by atoms with Crippen molar-refractivity contribution in [3.63, 3.8) is 0 Å². The van der Waals surface area contributed by atoms with Crippen LogP contribution in [-0.2, 0) is 20.8 Å². The number of nitrogens with zero attached hydrogens (tertiary/aromatic N) is 4. The maximum atomic E-state index is 12.7. The molecule has 1 atom stereocenters. The number of ether oxygens (including phenoxy) is 2. The molecule has 1 amide bonds. The number of carbonyl (C=O) groups is 1. The largest absolute Gasteiger partial charge is 0.498 e. The Hall–Kier alpha value is -1.89. The predicted octanol–water partition coefficient (Wildman–Crippen LogP) is 1.28. The zero-order valence-electron chi connectivity index (χ0n) is 13.1. The summed E-state index contributed by atoms with van der Waals surface area (Å²) in [6, 6.07) is 0. The molecule has 1 aromatic heterocycles. The summed E-state index contributed by atoms with van der Waals surface area (Å²) in [7, 11) is 0. The highest BCUT2D eigenvalue weighted by Gasteiger charge is 2.31. The molecule has 7 nitrogen and oxygen atoms in total. The number of carbonyl (C=O) groups excluding carboxylic acids is 1. The van der Waals surface area contributed by atoms with Gasteiger partial charge in [0, 0.05) is 13.1 Å². The van der Waals surface area contributed by atoms with Gasteiger partial charge in [-0.2, -0.15) is 0 Å². The van der Waals surface area contributed by atoms with E-state index in [-0.39, 0.29) is 12.0 Å². The van der Waals surface area contributed by atoms with E-state index in [0.717, 1.165) is 36.5 Å². The summed E-state index contributed by atoms with van der Waals surface area (Å²) in [5.41, 5.74) is 0.795. The first-order chi connectivity index (χ1) is 10.7. The van der Waals surface area contributed by atoms with Crippen LogP contribution in [0.4, 0.5) is 0 Å². The predicted molar refractivity (Wildman–Crippen MR) is 78.9 cm³/mol. The van der Waals surface area contributed by atoms with Gasteiger partial charge in [-0.1, -0.05) is 0 Å². The van der Waals surface area contributed by atoms with Crippen LogP contribution >= 0.6 is 0 Å². The Morgan fingerprint density at radius 1 is 1.45 bits per heavy atom. The molecule has 1 unspecified atom stereocenters. The molecule has 1 saturated heterocycles. The molecular formula is C15H22N4O3. The van der Waals surface area contributed by atoms with Gasteiger partial charge in [0.2, 0.25) is 0 Å². The van der Waals surface area contributed by atoms with Crippen LogP contribution < -0.4 is 0 Å². The molecule has 1 aromatic rings. The van der Waals surface area contributed by atoms with E-state index in [4.69, 9.17) is 9.47 Å². The first kappa shape index (κ1) is 15.0. The van der Waals surface area contributed by atoms with Crippen molar-refractivity contribution in [1.29, 1.82) is 0 Å². The lowest BCUT2D eigenvalue weighted by atomic mass is 10.1. The molecule has 1 fully saturated rings. The van der Waals surface area contributed by atoms with Gasteiger partial charge in [-0.3, -0.25) is 4.79 Å². The van der Waals surface area contributed by atoms with Gasteiger partial charge < -0.3 is 18.9 Å². The average Bonchev–Trinajstić information content (AvgIpc) is 3.03. The Morgan fingerprint density at radius 2 is 2.32 bits per heavy atom. The number of aryl methyl sites for hydroxylation is 1. The lowest BCUT2D eigenvalue weighted by molar-refractivity contribution is -0.136. The average molecular weight is 306 g/mol. The maximum Gasteiger partial charge on any atom is 0.253 e. The highest BCUT2D eigenvalue weighted by molar-refractivity contribution is 5.94. The van der Waals surface area contributed by atoms with Crippen molar-refractivity contribution in [3.8, 4) is 0 Å². The zero-order valence-corrected chi connectivity index (χ0v) is 13.1. The normalized spacial score (nSPS) is 22.6. The Bertz CT molecular complexity index is 581. The molecular weight excluding hydrogens is 284 g/mol. The van der Waals surface area contributed by atoms with Crippen LogP contribution in [0.2, 0.25) is 0 Å². The molecule has 3 heterocycles. The molecule has 7 heteroatoms.